The lowest BCUT2D eigenvalue weighted by atomic mass is 9.91. The molecule has 2 atom stereocenters. The Hall–Kier alpha value is -2.08. The molecule has 2 unspecified atom stereocenters. The fourth-order valence-corrected chi connectivity index (χ4v) is 4.03. The van der Waals surface area contributed by atoms with E-state index in [0.29, 0.717) is 13.0 Å². The van der Waals surface area contributed by atoms with E-state index in [-0.39, 0.29) is 11.8 Å². The Kier molecular flexibility index (Phi) is 7.10. The molecule has 148 valence electrons. The van der Waals surface area contributed by atoms with Crippen LogP contribution in [0.15, 0.2) is 29.3 Å². The fraction of sp³-hybridized carbons (Fsp3) is 0.619. The van der Waals surface area contributed by atoms with Gasteiger partial charge in [0.15, 0.2) is 5.96 Å². The third-order valence-corrected chi connectivity index (χ3v) is 5.38. The van der Waals surface area contributed by atoms with Gasteiger partial charge in [0.1, 0.15) is 0 Å². The summed E-state index contributed by atoms with van der Waals surface area (Å²) in [5, 5.41) is 9.73. The van der Waals surface area contributed by atoms with Gasteiger partial charge in [0.05, 0.1) is 6.54 Å². The Bertz CT molecular complexity index is 660. The number of hydrogen-bond acceptors (Lipinski definition) is 3. The van der Waals surface area contributed by atoms with Gasteiger partial charge in [-0.25, -0.2) is 0 Å². The zero-order valence-electron chi connectivity index (χ0n) is 16.6. The SMILES string of the molecule is CCNC(=NCC1CC(=O)Nc2ccccc21)NCCN1CCCC(C)C1. The summed E-state index contributed by atoms with van der Waals surface area (Å²) < 4.78 is 0. The van der Waals surface area contributed by atoms with Crippen molar-refractivity contribution in [3.63, 3.8) is 0 Å². The largest absolute Gasteiger partial charge is 0.357 e. The second kappa shape index (κ2) is 9.74. The second-order valence-electron chi connectivity index (χ2n) is 7.73. The van der Waals surface area contributed by atoms with E-state index in [9.17, 15) is 4.79 Å². The highest BCUT2D eigenvalue weighted by molar-refractivity contribution is 5.94. The summed E-state index contributed by atoms with van der Waals surface area (Å²) in [6, 6.07) is 8.03. The number of piperidine rings is 1. The molecule has 2 heterocycles. The molecular weight excluding hydrogens is 338 g/mol. The van der Waals surface area contributed by atoms with Crippen LogP contribution in [0.3, 0.4) is 0 Å². The summed E-state index contributed by atoms with van der Waals surface area (Å²) >= 11 is 0. The van der Waals surface area contributed by atoms with Gasteiger partial charge in [0.25, 0.3) is 0 Å². The lowest BCUT2D eigenvalue weighted by molar-refractivity contribution is -0.116. The van der Waals surface area contributed by atoms with Gasteiger partial charge in [-0.15, -0.1) is 0 Å². The van der Waals surface area contributed by atoms with Gasteiger partial charge < -0.3 is 20.9 Å². The summed E-state index contributed by atoms with van der Waals surface area (Å²) in [6.07, 6.45) is 3.15. The summed E-state index contributed by atoms with van der Waals surface area (Å²) in [5.41, 5.74) is 2.10. The Morgan fingerprint density at radius 1 is 1.33 bits per heavy atom. The number of para-hydroxylation sites is 1. The van der Waals surface area contributed by atoms with Crippen LogP contribution in [0.1, 0.15) is 44.6 Å². The Labute approximate surface area is 162 Å². The highest BCUT2D eigenvalue weighted by Crippen LogP contribution is 2.31. The van der Waals surface area contributed by atoms with E-state index in [1.807, 2.05) is 18.2 Å². The van der Waals surface area contributed by atoms with Crippen LogP contribution in [0, 0.1) is 5.92 Å². The molecule has 3 rings (SSSR count). The minimum Gasteiger partial charge on any atom is -0.357 e. The molecule has 0 aromatic heterocycles. The molecule has 27 heavy (non-hydrogen) atoms. The van der Waals surface area contributed by atoms with Crippen molar-refractivity contribution in [3.05, 3.63) is 29.8 Å². The molecule has 3 N–H and O–H groups in total. The quantitative estimate of drug-likeness (QED) is 0.531. The monoisotopic (exact) mass is 371 g/mol. The van der Waals surface area contributed by atoms with Crippen molar-refractivity contribution in [1.82, 2.24) is 15.5 Å². The standard InChI is InChI=1S/C21H33N5O/c1-3-22-21(23-10-12-26-11-6-7-16(2)15-26)24-14-17-13-20(27)25-19-9-5-4-8-18(17)19/h4-5,8-9,16-17H,3,6-7,10-15H2,1-2H3,(H,25,27)(H2,22,23,24). The maximum absolute atomic E-state index is 12.0. The van der Waals surface area contributed by atoms with Gasteiger partial charge in [-0.05, 0) is 43.9 Å². The molecule has 0 saturated carbocycles. The molecular formula is C21H33N5O. The first-order chi connectivity index (χ1) is 13.2. The van der Waals surface area contributed by atoms with Gasteiger partial charge in [0, 0.05) is 44.2 Å². The summed E-state index contributed by atoms with van der Waals surface area (Å²) in [4.78, 5) is 19.3. The third-order valence-electron chi connectivity index (χ3n) is 5.38. The molecule has 1 fully saturated rings. The number of carbonyl (C=O) groups is 1. The van der Waals surface area contributed by atoms with Crippen LogP contribution in [0.5, 0.6) is 0 Å². The molecule has 0 spiro atoms. The van der Waals surface area contributed by atoms with Crippen LogP contribution in [0.2, 0.25) is 0 Å². The maximum Gasteiger partial charge on any atom is 0.225 e. The number of rotatable bonds is 6. The van der Waals surface area contributed by atoms with Crippen molar-refractivity contribution in [1.29, 1.82) is 0 Å². The van der Waals surface area contributed by atoms with E-state index in [1.165, 1.54) is 31.5 Å². The number of fused-ring (bicyclic) bond motifs is 1. The van der Waals surface area contributed by atoms with Gasteiger partial charge in [-0.2, -0.15) is 0 Å². The van der Waals surface area contributed by atoms with Crippen LogP contribution in [-0.4, -0.2) is 56.0 Å². The molecule has 2 aliphatic heterocycles. The lowest BCUT2D eigenvalue weighted by Crippen LogP contribution is -2.44. The molecule has 6 nitrogen and oxygen atoms in total. The molecule has 1 aromatic rings. The number of carbonyl (C=O) groups excluding carboxylic acids is 1. The lowest BCUT2D eigenvalue weighted by Gasteiger charge is -2.31. The van der Waals surface area contributed by atoms with Crippen molar-refractivity contribution in [3.8, 4) is 0 Å². The smallest absolute Gasteiger partial charge is 0.225 e. The number of benzene rings is 1. The number of anilines is 1. The molecule has 1 amide bonds. The molecule has 1 aromatic carbocycles. The van der Waals surface area contributed by atoms with Crippen molar-refractivity contribution in [2.75, 3.05) is 44.6 Å². The van der Waals surface area contributed by atoms with Crippen LogP contribution < -0.4 is 16.0 Å². The third kappa shape index (κ3) is 5.70. The number of hydrogen-bond donors (Lipinski definition) is 3. The zero-order chi connectivity index (χ0) is 19.1. The van der Waals surface area contributed by atoms with Crippen LogP contribution in [-0.2, 0) is 4.79 Å². The Morgan fingerprint density at radius 3 is 3.00 bits per heavy atom. The van der Waals surface area contributed by atoms with E-state index >= 15 is 0 Å². The van der Waals surface area contributed by atoms with Gasteiger partial charge >= 0.3 is 0 Å². The summed E-state index contributed by atoms with van der Waals surface area (Å²) in [5.74, 6) is 1.85. The average molecular weight is 372 g/mol. The number of guanidine groups is 1. The fourth-order valence-electron chi connectivity index (χ4n) is 4.03. The van der Waals surface area contributed by atoms with E-state index in [1.54, 1.807) is 0 Å². The average Bonchev–Trinajstić information content (AvgIpc) is 2.66. The highest BCUT2D eigenvalue weighted by Gasteiger charge is 2.24. The van der Waals surface area contributed by atoms with Crippen LogP contribution >= 0.6 is 0 Å². The number of likely N-dealkylation sites (tertiary alicyclic amines) is 1. The van der Waals surface area contributed by atoms with Crippen LogP contribution in [0.25, 0.3) is 0 Å². The van der Waals surface area contributed by atoms with Gasteiger partial charge in [0.2, 0.25) is 5.91 Å². The van der Waals surface area contributed by atoms with Crippen molar-refractivity contribution < 1.29 is 4.79 Å². The number of aliphatic imine (C=N–C) groups is 1. The van der Waals surface area contributed by atoms with Crippen molar-refractivity contribution in [2.45, 2.75) is 39.0 Å². The molecule has 2 aliphatic rings. The Morgan fingerprint density at radius 2 is 2.19 bits per heavy atom. The minimum atomic E-state index is 0.0751. The number of nitrogens with zero attached hydrogens (tertiary/aromatic N) is 2. The van der Waals surface area contributed by atoms with Crippen molar-refractivity contribution >= 4 is 17.6 Å². The van der Waals surface area contributed by atoms with E-state index in [4.69, 9.17) is 4.99 Å². The highest BCUT2D eigenvalue weighted by atomic mass is 16.1. The topological polar surface area (TPSA) is 68.8 Å². The predicted molar refractivity (Wildman–Crippen MR) is 111 cm³/mol. The molecule has 6 heteroatoms. The van der Waals surface area contributed by atoms with Crippen LogP contribution in [0.4, 0.5) is 5.69 Å². The first kappa shape index (κ1) is 19.7. The normalized spacial score (nSPS) is 23.5. The minimum absolute atomic E-state index is 0.0751. The van der Waals surface area contributed by atoms with Gasteiger partial charge in [-0.1, -0.05) is 25.1 Å². The number of nitrogens with one attached hydrogen (secondary N) is 3. The zero-order valence-corrected chi connectivity index (χ0v) is 16.6. The molecule has 0 aliphatic carbocycles. The van der Waals surface area contributed by atoms with E-state index < -0.39 is 0 Å². The van der Waals surface area contributed by atoms with E-state index in [0.717, 1.165) is 37.2 Å². The second-order valence-corrected chi connectivity index (χ2v) is 7.73. The van der Waals surface area contributed by atoms with E-state index in [2.05, 4.69) is 40.8 Å². The summed E-state index contributed by atoms with van der Waals surface area (Å²) in [6.45, 7) is 10.2. The predicted octanol–water partition coefficient (Wildman–Crippen LogP) is 2.40. The maximum atomic E-state index is 12.0. The molecule has 0 bridgehead atoms. The summed E-state index contributed by atoms with van der Waals surface area (Å²) in [7, 11) is 0. The van der Waals surface area contributed by atoms with Gasteiger partial charge in [-0.3, -0.25) is 9.79 Å². The molecule has 1 saturated heterocycles. The first-order valence-corrected chi connectivity index (χ1v) is 10.3. The first-order valence-electron chi connectivity index (χ1n) is 10.3. The molecule has 0 radical (unpaired) electrons. The Balaban J connectivity index is 1.55. The number of amides is 1. The van der Waals surface area contributed by atoms with Crippen molar-refractivity contribution in [2.24, 2.45) is 10.9 Å².